The summed E-state index contributed by atoms with van der Waals surface area (Å²) in [4.78, 5) is 0. The van der Waals surface area contributed by atoms with Gasteiger partial charge < -0.3 is 4.74 Å². The van der Waals surface area contributed by atoms with Gasteiger partial charge in [-0.2, -0.15) is 0 Å². The van der Waals surface area contributed by atoms with Gasteiger partial charge in [0.1, 0.15) is 11.4 Å². The van der Waals surface area contributed by atoms with Gasteiger partial charge in [-0.25, -0.2) is 13.5 Å². The van der Waals surface area contributed by atoms with Crippen LogP contribution in [0.15, 0.2) is 0 Å². The molecule has 15 heavy (non-hydrogen) atoms. The standard InChI is InChI=1S/C8H12ClF2N3O/c1-2-15-4-3-14-7(8(10)11)6(5-9)12-13-14/h8H,2-5H2,1H3. The Morgan fingerprint density at radius 3 is 2.80 bits per heavy atom. The Morgan fingerprint density at radius 2 is 2.27 bits per heavy atom. The summed E-state index contributed by atoms with van der Waals surface area (Å²) in [6, 6.07) is 0. The third kappa shape index (κ3) is 3.10. The summed E-state index contributed by atoms with van der Waals surface area (Å²) in [6.07, 6.45) is -2.62. The number of nitrogens with zero attached hydrogens (tertiary/aromatic N) is 3. The van der Waals surface area contributed by atoms with E-state index in [1.54, 1.807) is 0 Å². The maximum Gasteiger partial charge on any atom is 0.281 e. The maximum atomic E-state index is 12.6. The molecule has 0 aromatic carbocycles. The third-order valence-electron chi connectivity index (χ3n) is 1.83. The van der Waals surface area contributed by atoms with Crippen LogP contribution in [0.2, 0.25) is 0 Å². The lowest BCUT2D eigenvalue weighted by Gasteiger charge is -2.06. The first kappa shape index (κ1) is 12.3. The van der Waals surface area contributed by atoms with Crippen molar-refractivity contribution in [2.24, 2.45) is 0 Å². The molecule has 1 aromatic rings. The summed E-state index contributed by atoms with van der Waals surface area (Å²) in [5.74, 6) is -0.0612. The number of rotatable bonds is 6. The van der Waals surface area contributed by atoms with Crippen LogP contribution in [0.3, 0.4) is 0 Å². The molecule has 1 heterocycles. The molecule has 0 N–H and O–H groups in total. The van der Waals surface area contributed by atoms with Gasteiger partial charge in [0, 0.05) is 6.61 Å². The summed E-state index contributed by atoms with van der Waals surface area (Å²) >= 11 is 5.47. The molecule has 0 atom stereocenters. The van der Waals surface area contributed by atoms with Gasteiger partial charge in [0.05, 0.1) is 19.0 Å². The normalized spacial score (nSPS) is 11.3. The first-order chi connectivity index (χ1) is 7.20. The highest BCUT2D eigenvalue weighted by Crippen LogP contribution is 2.22. The molecule has 86 valence electrons. The van der Waals surface area contributed by atoms with Crippen molar-refractivity contribution in [2.75, 3.05) is 13.2 Å². The van der Waals surface area contributed by atoms with Crippen LogP contribution in [0, 0.1) is 0 Å². The second kappa shape index (κ2) is 5.97. The Morgan fingerprint density at radius 1 is 1.53 bits per heavy atom. The van der Waals surface area contributed by atoms with Crippen molar-refractivity contribution < 1.29 is 13.5 Å². The number of hydrogen-bond donors (Lipinski definition) is 0. The van der Waals surface area contributed by atoms with Crippen LogP contribution in [0.5, 0.6) is 0 Å². The van der Waals surface area contributed by atoms with E-state index in [1.165, 1.54) is 0 Å². The van der Waals surface area contributed by atoms with E-state index in [2.05, 4.69) is 10.3 Å². The number of halogens is 3. The van der Waals surface area contributed by atoms with Crippen molar-refractivity contribution in [3.8, 4) is 0 Å². The van der Waals surface area contributed by atoms with E-state index in [0.717, 1.165) is 4.68 Å². The predicted molar refractivity (Wildman–Crippen MR) is 51.0 cm³/mol. The van der Waals surface area contributed by atoms with Gasteiger partial charge in [-0.05, 0) is 6.92 Å². The molecule has 0 aliphatic rings. The molecule has 0 amide bonds. The lowest BCUT2D eigenvalue weighted by molar-refractivity contribution is 0.117. The van der Waals surface area contributed by atoms with Crippen molar-refractivity contribution >= 4 is 11.6 Å². The molecule has 7 heteroatoms. The van der Waals surface area contributed by atoms with E-state index in [9.17, 15) is 8.78 Å². The van der Waals surface area contributed by atoms with Crippen LogP contribution in [-0.4, -0.2) is 28.2 Å². The largest absolute Gasteiger partial charge is 0.380 e. The average molecular weight is 240 g/mol. The van der Waals surface area contributed by atoms with Crippen molar-refractivity contribution in [3.05, 3.63) is 11.4 Å². The summed E-state index contributed by atoms with van der Waals surface area (Å²) in [5.41, 5.74) is -0.0899. The molecular formula is C8H12ClF2N3O. The molecule has 0 bridgehead atoms. The van der Waals surface area contributed by atoms with Gasteiger partial charge in [0.2, 0.25) is 0 Å². The zero-order chi connectivity index (χ0) is 11.3. The average Bonchev–Trinajstić information content (AvgIpc) is 2.61. The molecule has 1 aromatic heterocycles. The van der Waals surface area contributed by atoms with Crippen LogP contribution < -0.4 is 0 Å². The Bertz CT molecular complexity index is 306. The second-order valence-corrected chi connectivity index (χ2v) is 3.04. The molecule has 0 aliphatic heterocycles. The molecule has 0 radical (unpaired) electrons. The van der Waals surface area contributed by atoms with Crippen molar-refractivity contribution in [2.45, 2.75) is 25.8 Å². The molecule has 0 saturated carbocycles. The van der Waals surface area contributed by atoms with Crippen LogP contribution in [0.4, 0.5) is 8.78 Å². The van der Waals surface area contributed by atoms with Crippen molar-refractivity contribution in [1.29, 1.82) is 0 Å². The SMILES string of the molecule is CCOCCn1nnc(CCl)c1C(F)F. The summed E-state index contributed by atoms with van der Waals surface area (Å²) in [6.45, 7) is 2.97. The second-order valence-electron chi connectivity index (χ2n) is 2.78. The van der Waals surface area contributed by atoms with Gasteiger partial charge >= 0.3 is 0 Å². The number of ether oxygens (including phenoxy) is 1. The van der Waals surface area contributed by atoms with E-state index in [0.29, 0.717) is 13.2 Å². The van der Waals surface area contributed by atoms with Gasteiger partial charge in [-0.1, -0.05) is 5.21 Å². The fourth-order valence-electron chi connectivity index (χ4n) is 1.15. The van der Waals surface area contributed by atoms with Gasteiger partial charge in [-0.3, -0.25) is 0 Å². The van der Waals surface area contributed by atoms with E-state index in [1.807, 2.05) is 6.92 Å². The third-order valence-corrected chi connectivity index (χ3v) is 2.09. The van der Waals surface area contributed by atoms with Gasteiger partial charge in [0.15, 0.2) is 0 Å². The smallest absolute Gasteiger partial charge is 0.281 e. The Kier molecular flexibility index (Phi) is 4.90. The van der Waals surface area contributed by atoms with Crippen molar-refractivity contribution in [1.82, 2.24) is 15.0 Å². The molecule has 0 unspecified atom stereocenters. The highest BCUT2D eigenvalue weighted by atomic mass is 35.5. The number of hydrogen-bond acceptors (Lipinski definition) is 3. The molecule has 0 aliphatic carbocycles. The topological polar surface area (TPSA) is 39.9 Å². The summed E-state index contributed by atoms with van der Waals surface area (Å²) in [7, 11) is 0. The van der Waals surface area contributed by atoms with E-state index in [-0.39, 0.29) is 23.8 Å². The summed E-state index contributed by atoms with van der Waals surface area (Å²) < 4.78 is 31.4. The predicted octanol–water partition coefficient (Wildman–Crippen LogP) is 1.99. The van der Waals surface area contributed by atoms with Gasteiger partial charge in [0.25, 0.3) is 6.43 Å². The Hall–Kier alpha value is -0.750. The fourth-order valence-corrected chi connectivity index (χ4v) is 1.34. The van der Waals surface area contributed by atoms with E-state index in [4.69, 9.17) is 16.3 Å². The minimum absolute atomic E-state index is 0.0612. The molecule has 0 spiro atoms. The van der Waals surface area contributed by atoms with E-state index >= 15 is 0 Å². The monoisotopic (exact) mass is 239 g/mol. The molecule has 0 saturated heterocycles. The molecule has 4 nitrogen and oxygen atoms in total. The van der Waals surface area contributed by atoms with Gasteiger partial charge in [-0.15, -0.1) is 16.7 Å². The molecular weight excluding hydrogens is 228 g/mol. The Labute approximate surface area is 91.2 Å². The molecule has 0 fully saturated rings. The zero-order valence-electron chi connectivity index (χ0n) is 8.29. The minimum Gasteiger partial charge on any atom is -0.380 e. The molecule has 1 rings (SSSR count). The number of aromatic nitrogens is 3. The number of alkyl halides is 3. The quantitative estimate of drug-likeness (QED) is 0.563. The highest BCUT2D eigenvalue weighted by molar-refractivity contribution is 6.16. The first-order valence-electron chi connectivity index (χ1n) is 4.54. The Balaban J connectivity index is 2.73. The fraction of sp³-hybridized carbons (Fsp3) is 0.750. The summed E-state index contributed by atoms with van der Waals surface area (Å²) in [5, 5.41) is 7.18. The van der Waals surface area contributed by atoms with Crippen LogP contribution in [-0.2, 0) is 17.2 Å². The van der Waals surface area contributed by atoms with Crippen molar-refractivity contribution in [3.63, 3.8) is 0 Å². The lowest BCUT2D eigenvalue weighted by atomic mass is 10.3. The lowest BCUT2D eigenvalue weighted by Crippen LogP contribution is -2.11. The minimum atomic E-state index is -2.62. The first-order valence-corrected chi connectivity index (χ1v) is 5.08. The zero-order valence-corrected chi connectivity index (χ0v) is 9.05. The maximum absolute atomic E-state index is 12.6. The van der Waals surface area contributed by atoms with Crippen LogP contribution in [0.1, 0.15) is 24.7 Å². The highest BCUT2D eigenvalue weighted by Gasteiger charge is 2.20. The van der Waals surface area contributed by atoms with E-state index < -0.39 is 6.43 Å². The van der Waals surface area contributed by atoms with Crippen LogP contribution in [0.25, 0.3) is 0 Å². The van der Waals surface area contributed by atoms with Crippen LogP contribution >= 0.6 is 11.6 Å².